The van der Waals surface area contributed by atoms with Crippen LogP contribution in [0.1, 0.15) is 6.42 Å². The molecule has 0 atom stereocenters. The first kappa shape index (κ1) is 11.5. The minimum Gasteiger partial charge on any atom is -0.474 e. The highest BCUT2D eigenvalue weighted by Gasteiger charge is 2.20. The fraction of sp³-hybridized carbons (Fsp3) is 0.455. The Hall–Kier alpha value is -1.58. The fourth-order valence-corrected chi connectivity index (χ4v) is 1.28. The van der Waals surface area contributed by atoms with E-state index in [0.717, 1.165) is 6.42 Å². The van der Waals surface area contributed by atoms with Crippen LogP contribution in [0.3, 0.4) is 0 Å². The van der Waals surface area contributed by atoms with E-state index in [1.807, 2.05) is 0 Å². The van der Waals surface area contributed by atoms with Gasteiger partial charge in [0.25, 0.3) is 5.90 Å². The summed E-state index contributed by atoms with van der Waals surface area (Å²) in [7, 11) is 0. The summed E-state index contributed by atoms with van der Waals surface area (Å²) in [6.07, 6.45) is 4.22. The fourth-order valence-electron chi connectivity index (χ4n) is 1.28. The number of hydrogen-bond donors (Lipinski definition) is 0. The van der Waals surface area contributed by atoms with Gasteiger partial charge in [-0.2, -0.15) is 0 Å². The van der Waals surface area contributed by atoms with Crippen molar-refractivity contribution in [2.75, 3.05) is 26.2 Å². The second kappa shape index (κ2) is 6.01. The number of aliphatic imine (C=N–C) groups is 1. The van der Waals surface area contributed by atoms with Crippen LogP contribution in [-0.2, 0) is 9.53 Å². The van der Waals surface area contributed by atoms with Crippen LogP contribution >= 0.6 is 0 Å². The van der Waals surface area contributed by atoms with Gasteiger partial charge in [-0.05, 0) is 0 Å². The Bertz CT molecular complexity index is 274. The Morgan fingerprint density at radius 1 is 1.47 bits per heavy atom. The molecule has 0 aromatic rings. The number of rotatable bonds is 5. The van der Waals surface area contributed by atoms with Crippen molar-refractivity contribution in [1.82, 2.24) is 4.90 Å². The Morgan fingerprint density at radius 3 is 2.60 bits per heavy atom. The van der Waals surface area contributed by atoms with E-state index in [4.69, 9.17) is 4.74 Å². The first-order valence-electron chi connectivity index (χ1n) is 4.98. The third-order valence-electron chi connectivity index (χ3n) is 1.97. The van der Waals surface area contributed by atoms with Crippen molar-refractivity contribution >= 4 is 11.8 Å². The van der Waals surface area contributed by atoms with E-state index in [-0.39, 0.29) is 11.8 Å². The summed E-state index contributed by atoms with van der Waals surface area (Å²) < 4.78 is 5.20. The maximum atomic E-state index is 11.9. The molecule has 0 fully saturated rings. The number of carbonyl (C=O) groups excluding carboxylic acids is 1. The van der Waals surface area contributed by atoms with Crippen LogP contribution in [0.25, 0.3) is 0 Å². The molecule has 0 bridgehead atoms. The summed E-state index contributed by atoms with van der Waals surface area (Å²) >= 11 is 0. The van der Waals surface area contributed by atoms with Gasteiger partial charge in [0.2, 0.25) is 0 Å². The molecule has 1 rings (SSSR count). The molecule has 0 unspecified atom stereocenters. The molecule has 0 saturated heterocycles. The molecule has 1 amide bonds. The van der Waals surface area contributed by atoms with Crippen molar-refractivity contribution < 1.29 is 9.53 Å². The molecule has 1 heterocycles. The van der Waals surface area contributed by atoms with Gasteiger partial charge in [0.15, 0.2) is 0 Å². The monoisotopic (exact) mass is 208 g/mol. The summed E-state index contributed by atoms with van der Waals surface area (Å²) in [6.45, 7) is 9.40. The van der Waals surface area contributed by atoms with Crippen LogP contribution in [0.5, 0.6) is 0 Å². The number of hydrogen-bond acceptors (Lipinski definition) is 3. The molecule has 4 nitrogen and oxygen atoms in total. The zero-order chi connectivity index (χ0) is 11.1. The molecule has 0 aromatic heterocycles. The first-order valence-corrected chi connectivity index (χ1v) is 4.98. The first-order chi connectivity index (χ1) is 7.29. The van der Waals surface area contributed by atoms with Crippen molar-refractivity contribution in [3.8, 4) is 0 Å². The lowest BCUT2D eigenvalue weighted by Crippen LogP contribution is -2.39. The molecule has 0 aliphatic carbocycles. The zero-order valence-electron chi connectivity index (χ0n) is 8.82. The lowest BCUT2D eigenvalue weighted by atomic mass is 10.3. The summed E-state index contributed by atoms with van der Waals surface area (Å²) in [6, 6.07) is 0. The Kier molecular flexibility index (Phi) is 4.60. The Balaban J connectivity index is 2.65. The minimum absolute atomic E-state index is 0.186. The van der Waals surface area contributed by atoms with Crippen molar-refractivity contribution in [1.29, 1.82) is 0 Å². The average molecular weight is 208 g/mol. The van der Waals surface area contributed by atoms with Gasteiger partial charge in [0.1, 0.15) is 0 Å². The predicted octanol–water partition coefficient (Wildman–Crippen LogP) is 1.01. The molecular formula is C11H16N2O2. The van der Waals surface area contributed by atoms with Crippen molar-refractivity contribution in [2.45, 2.75) is 6.42 Å². The van der Waals surface area contributed by atoms with Crippen LogP contribution in [0.4, 0.5) is 0 Å². The van der Waals surface area contributed by atoms with E-state index in [9.17, 15) is 4.79 Å². The van der Waals surface area contributed by atoms with Gasteiger partial charge in [-0.1, -0.05) is 12.2 Å². The Labute approximate surface area is 89.9 Å². The quantitative estimate of drug-likeness (QED) is 0.633. The standard InChI is InChI=1S/C11H16N2O2/c1-3-7-13(8-4-2)11(14)10-12-6-5-9-15-10/h3-4H,1-2,5-9H2. The van der Waals surface area contributed by atoms with E-state index in [1.54, 1.807) is 17.1 Å². The normalized spacial score (nSPS) is 14.8. The smallest absolute Gasteiger partial charge is 0.309 e. The lowest BCUT2D eigenvalue weighted by Gasteiger charge is -2.21. The molecule has 82 valence electrons. The number of ether oxygens (including phenoxy) is 1. The molecule has 1 aliphatic rings. The maximum absolute atomic E-state index is 11.9. The van der Waals surface area contributed by atoms with Gasteiger partial charge in [-0.15, -0.1) is 13.2 Å². The van der Waals surface area contributed by atoms with Gasteiger partial charge in [0, 0.05) is 26.1 Å². The van der Waals surface area contributed by atoms with Gasteiger partial charge < -0.3 is 9.64 Å². The van der Waals surface area contributed by atoms with Gasteiger partial charge >= 0.3 is 5.91 Å². The molecule has 0 spiro atoms. The zero-order valence-corrected chi connectivity index (χ0v) is 8.82. The van der Waals surface area contributed by atoms with Gasteiger partial charge in [0.05, 0.1) is 6.61 Å². The molecule has 0 saturated carbocycles. The second-order valence-corrected chi connectivity index (χ2v) is 3.18. The van der Waals surface area contributed by atoms with E-state index in [0.29, 0.717) is 26.2 Å². The molecule has 4 heteroatoms. The average Bonchev–Trinajstić information content (AvgIpc) is 2.29. The van der Waals surface area contributed by atoms with Crippen LogP contribution in [0, 0.1) is 0 Å². The molecule has 0 N–H and O–H groups in total. The van der Waals surface area contributed by atoms with Crippen molar-refractivity contribution in [3.63, 3.8) is 0 Å². The molecule has 0 radical (unpaired) electrons. The largest absolute Gasteiger partial charge is 0.474 e. The minimum atomic E-state index is -0.186. The molecule has 15 heavy (non-hydrogen) atoms. The summed E-state index contributed by atoms with van der Waals surface area (Å²) in [5.41, 5.74) is 0. The highest BCUT2D eigenvalue weighted by Crippen LogP contribution is 2.01. The topological polar surface area (TPSA) is 41.9 Å². The SMILES string of the molecule is C=CCN(CC=C)C(=O)C1=NCCCO1. The summed E-state index contributed by atoms with van der Waals surface area (Å²) in [5, 5.41) is 0. The van der Waals surface area contributed by atoms with Crippen molar-refractivity contribution in [2.24, 2.45) is 4.99 Å². The van der Waals surface area contributed by atoms with E-state index < -0.39 is 0 Å². The van der Waals surface area contributed by atoms with Crippen LogP contribution in [0.2, 0.25) is 0 Å². The molecule has 0 aromatic carbocycles. The van der Waals surface area contributed by atoms with Crippen LogP contribution in [-0.4, -0.2) is 42.9 Å². The number of nitrogens with zero attached hydrogens (tertiary/aromatic N) is 2. The number of carbonyl (C=O) groups is 1. The second-order valence-electron chi connectivity index (χ2n) is 3.18. The van der Waals surface area contributed by atoms with Gasteiger partial charge in [-0.25, -0.2) is 4.99 Å². The highest BCUT2D eigenvalue weighted by atomic mass is 16.5. The molecule has 1 aliphatic heterocycles. The van der Waals surface area contributed by atoms with Gasteiger partial charge in [-0.3, -0.25) is 4.79 Å². The molecular weight excluding hydrogens is 192 g/mol. The maximum Gasteiger partial charge on any atom is 0.309 e. The summed E-state index contributed by atoms with van der Waals surface area (Å²) in [4.78, 5) is 17.5. The third kappa shape index (κ3) is 3.23. The summed E-state index contributed by atoms with van der Waals surface area (Å²) in [5.74, 6) is 0.0273. The number of amides is 1. The Morgan fingerprint density at radius 2 is 2.13 bits per heavy atom. The lowest BCUT2D eigenvalue weighted by molar-refractivity contribution is -0.124. The van der Waals surface area contributed by atoms with E-state index in [2.05, 4.69) is 18.2 Å². The highest BCUT2D eigenvalue weighted by molar-refractivity contribution is 6.35. The third-order valence-corrected chi connectivity index (χ3v) is 1.97. The van der Waals surface area contributed by atoms with Crippen molar-refractivity contribution in [3.05, 3.63) is 25.3 Å². The predicted molar refractivity (Wildman–Crippen MR) is 59.8 cm³/mol. The van der Waals surface area contributed by atoms with E-state index >= 15 is 0 Å². The van der Waals surface area contributed by atoms with E-state index in [1.165, 1.54) is 0 Å². The van der Waals surface area contributed by atoms with Crippen LogP contribution in [0.15, 0.2) is 30.3 Å². The van der Waals surface area contributed by atoms with Crippen LogP contribution < -0.4 is 0 Å².